The zero-order valence-electron chi connectivity index (χ0n) is 11.1. The second-order valence-corrected chi connectivity index (χ2v) is 4.47. The summed E-state index contributed by atoms with van der Waals surface area (Å²) in [4.78, 5) is 0. The standard InChI is InChI=1S/C11H11F11/c1-3-4-5-6(2)7(12,13)8(14,15)9(16,17)10(18,19)11(20,21)22/h5H,3-4H2,1-2H3. The second kappa shape index (κ2) is 5.88. The minimum atomic E-state index is -7.34. The molecule has 0 saturated heterocycles. The summed E-state index contributed by atoms with van der Waals surface area (Å²) in [5.41, 5.74) is -1.73. The topological polar surface area (TPSA) is 0 Å². The SMILES string of the molecule is CCCC=C(C)C(F)(F)C(F)(F)C(F)(F)C(F)(F)C(F)(F)F. The van der Waals surface area contributed by atoms with Gasteiger partial charge in [0.1, 0.15) is 0 Å². The Hall–Kier alpha value is -1.03. The Labute approximate surface area is 118 Å². The van der Waals surface area contributed by atoms with Gasteiger partial charge in [0.2, 0.25) is 0 Å². The van der Waals surface area contributed by atoms with E-state index in [1.165, 1.54) is 6.92 Å². The molecule has 0 rings (SSSR count). The van der Waals surface area contributed by atoms with E-state index in [2.05, 4.69) is 0 Å². The highest BCUT2D eigenvalue weighted by molar-refractivity contribution is 5.20. The van der Waals surface area contributed by atoms with Gasteiger partial charge in [0, 0.05) is 0 Å². The molecule has 0 aliphatic heterocycles. The van der Waals surface area contributed by atoms with E-state index in [4.69, 9.17) is 0 Å². The summed E-state index contributed by atoms with van der Waals surface area (Å²) >= 11 is 0. The van der Waals surface area contributed by atoms with Crippen LogP contribution in [0.25, 0.3) is 0 Å². The summed E-state index contributed by atoms with van der Waals surface area (Å²) in [7, 11) is 0. The smallest absolute Gasteiger partial charge is 0.194 e. The van der Waals surface area contributed by atoms with E-state index in [0.717, 1.165) is 0 Å². The van der Waals surface area contributed by atoms with Crippen molar-refractivity contribution in [2.75, 3.05) is 0 Å². The summed E-state index contributed by atoms with van der Waals surface area (Å²) in [5.74, 6) is -27.5. The third-order valence-corrected chi connectivity index (χ3v) is 2.77. The van der Waals surface area contributed by atoms with E-state index in [9.17, 15) is 48.3 Å². The maximum Gasteiger partial charge on any atom is 0.460 e. The largest absolute Gasteiger partial charge is 0.460 e. The monoisotopic (exact) mass is 352 g/mol. The van der Waals surface area contributed by atoms with Gasteiger partial charge in [-0.15, -0.1) is 0 Å². The molecule has 0 atom stereocenters. The Balaban J connectivity index is 6.00. The van der Waals surface area contributed by atoms with Crippen LogP contribution >= 0.6 is 0 Å². The molecule has 0 aliphatic carbocycles. The molecular formula is C11H11F11. The van der Waals surface area contributed by atoms with Crippen molar-refractivity contribution in [2.24, 2.45) is 0 Å². The molecule has 0 amide bonds. The lowest BCUT2D eigenvalue weighted by Gasteiger charge is -2.37. The molecule has 0 fully saturated rings. The van der Waals surface area contributed by atoms with Gasteiger partial charge < -0.3 is 0 Å². The second-order valence-electron chi connectivity index (χ2n) is 4.47. The highest BCUT2D eigenvalue weighted by Gasteiger charge is 2.87. The highest BCUT2D eigenvalue weighted by Crippen LogP contribution is 2.58. The van der Waals surface area contributed by atoms with Gasteiger partial charge in [0.15, 0.2) is 0 Å². The maximum atomic E-state index is 13.3. The molecule has 132 valence electrons. The van der Waals surface area contributed by atoms with Crippen LogP contribution in [-0.4, -0.2) is 29.9 Å². The van der Waals surface area contributed by atoms with Crippen LogP contribution in [-0.2, 0) is 0 Å². The summed E-state index contributed by atoms with van der Waals surface area (Å²) in [6.07, 6.45) is -6.90. The van der Waals surface area contributed by atoms with E-state index in [-0.39, 0.29) is 19.8 Å². The van der Waals surface area contributed by atoms with Crippen LogP contribution < -0.4 is 0 Å². The summed E-state index contributed by atoms with van der Waals surface area (Å²) in [6.45, 7) is 1.65. The molecule has 0 unspecified atom stereocenters. The van der Waals surface area contributed by atoms with E-state index < -0.39 is 35.4 Å². The van der Waals surface area contributed by atoms with E-state index in [0.29, 0.717) is 6.08 Å². The molecule has 0 spiro atoms. The van der Waals surface area contributed by atoms with Crippen LogP contribution in [0.2, 0.25) is 0 Å². The van der Waals surface area contributed by atoms with Gasteiger partial charge in [-0.2, -0.15) is 48.3 Å². The lowest BCUT2D eigenvalue weighted by Crippen LogP contribution is -2.66. The van der Waals surface area contributed by atoms with Gasteiger partial charge in [-0.05, 0) is 18.9 Å². The lowest BCUT2D eigenvalue weighted by atomic mass is 9.93. The van der Waals surface area contributed by atoms with E-state index >= 15 is 0 Å². The van der Waals surface area contributed by atoms with Crippen molar-refractivity contribution < 1.29 is 48.3 Å². The van der Waals surface area contributed by atoms with Crippen LogP contribution in [0, 0.1) is 0 Å². The highest BCUT2D eigenvalue weighted by atomic mass is 19.4. The number of allylic oxidation sites excluding steroid dienone is 2. The average Bonchev–Trinajstić information content (AvgIpc) is 2.33. The van der Waals surface area contributed by atoms with Crippen molar-refractivity contribution in [3.8, 4) is 0 Å². The van der Waals surface area contributed by atoms with Gasteiger partial charge >= 0.3 is 29.9 Å². The fraction of sp³-hybridized carbons (Fsp3) is 0.818. The lowest BCUT2D eigenvalue weighted by molar-refractivity contribution is -0.418. The molecular weight excluding hydrogens is 341 g/mol. The molecule has 0 aliphatic rings. The van der Waals surface area contributed by atoms with Crippen LogP contribution in [0.4, 0.5) is 48.3 Å². The first kappa shape index (κ1) is 21.0. The quantitative estimate of drug-likeness (QED) is 0.416. The van der Waals surface area contributed by atoms with Crippen molar-refractivity contribution in [1.82, 2.24) is 0 Å². The molecule has 0 heterocycles. The predicted molar refractivity (Wildman–Crippen MR) is 54.5 cm³/mol. The third-order valence-electron chi connectivity index (χ3n) is 2.77. The Bertz CT molecular complexity index is 416. The molecule has 0 aromatic carbocycles. The molecule has 0 aromatic rings. The first-order valence-corrected chi connectivity index (χ1v) is 5.73. The summed E-state index contributed by atoms with van der Waals surface area (Å²) < 4.78 is 139. The Kier molecular flexibility index (Phi) is 5.60. The zero-order valence-corrected chi connectivity index (χ0v) is 11.1. The molecule has 0 bridgehead atoms. The average molecular weight is 352 g/mol. The van der Waals surface area contributed by atoms with E-state index in [1.54, 1.807) is 0 Å². The summed E-state index contributed by atoms with van der Waals surface area (Å²) in [6, 6.07) is 0. The van der Waals surface area contributed by atoms with Crippen LogP contribution in [0.1, 0.15) is 26.7 Å². The number of unbranched alkanes of at least 4 members (excludes halogenated alkanes) is 1. The third kappa shape index (κ3) is 3.03. The van der Waals surface area contributed by atoms with Gasteiger partial charge in [-0.25, -0.2) is 0 Å². The van der Waals surface area contributed by atoms with Gasteiger partial charge in [0.25, 0.3) is 0 Å². The summed E-state index contributed by atoms with van der Waals surface area (Å²) in [5, 5.41) is 0. The molecule has 11 heteroatoms. The first-order chi connectivity index (χ1) is 9.48. The fourth-order valence-corrected chi connectivity index (χ4v) is 1.31. The molecule has 0 aromatic heterocycles. The minimum Gasteiger partial charge on any atom is -0.194 e. The van der Waals surface area contributed by atoms with Crippen molar-refractivity contribution >= 4 is 0 Å². The number of hydrogen-bond acceptors (Lipinski definition) is 0. The van der Waals surface area contributed by atoms with Crippen LogP contribution in [0.3, 0.4) is 0 Å². The fourth-order valence-electron chi connectivity index (χ4n) is 1.31. The molecule has 0 saturated carbocycles. The number of rotatable bonds is 6. The normalized spacial score (nSPS) is 16.1. The Morgan fingerprint density at radius 3 is 1.45 bits per heavy atom. The molecule has 0 radical (unpaired) electrons. The van der Waals surface area contributed by atoms with Crippen LogP contribution in [0.15, 0.2) is 11.6 Å². The molecule has 0 nitrogen and oxygen atoms in total. The van der Waals surface area contributed by atoms with E-state index in [1.807, 2.05) is 0 Å². The maximum absolute atomic E-state index is 13.3. The van der Waals surface area contributed by atoms with Gasteiger partial charge in [0.05, 0.1) is 0 Å². The van der Waals surface area contributed by atoms with Crippen molar-refractivity contribution in [2.45, 2.75) is 56.6 Å². The number of alkyl halides is 11. The predicted octanol–water partition coefficient (Wildman–Crippen LogP) is 5.84. The Morgan fingerprint density at radius 2 is 1.14 bits per heavy atom. The number of hydrogen-bond donors (Lipinski definition) is 0. The molecule has 22 heavy (non-hydrogen) atoms. The van der Waals surface area contributed by atoms with Crippen molar-refractivity contribution in [3.63, 3.8) is 0 Å². The van der Waals surface area contributed by atoms with Crippen LogP contribution in [0.5, 0.6) is 0 Å². The van der Waals surface area contributed by atoms with Gasteiger partial charge in [-0.3, -0.25) is 0 Å². The zero-order chi connectivity index (χ0) is 18.2. The van der Waals surface area contributed by atoms with Crippen molar-refractivity contribution in [1.29, 1.82) is 0 Å². The minimum absolute atomic E-state index is 0.133. The van der Waals surface area contributed by atoms with Gasteiger partial charge in [-0.1, -0.05) is 19.4 Å². The number of halogens is 11. The Morgan fingerprint density at radius 1 is 0.727 bits per heavy atom. The molecule has 0 N–H and O–H groups in total. The first-order valence-electron chi connectivity index (χ1n) is 5.73. The van der Waals surface area contributed by atoms with Crippen molar-refractivity contribution in [3.05, 3.63) is 11.6 Å².